The zero-order valence-electron chi connectivity index (χ0n) is 10.1. The Labute approximate surface area is 102 Å². The van der Waals surface area contributed by atoms with Gasteiger partial charge in [-0.05, 0) is 30.1 Å². The normalized spacial score (nSPS) is 20.9. The monoisotopic (exact) mass is 230 g/mol. The number of fused-ring (bicyclic) bond motifs is 1. The molecule has 0 aromatic heterocycles. The average Bonchev–Trinajstić information content (AvgIpc) is 2.68. The number of carbonyl (C=O) groups is 1. The molecule has 1 atom stereocenters. The van der Waals surface area contributed by atoms with E-state index in [1.807, 2.05) is 17.0 Å². The highest BCUT2D eigenvalue weighted by molar-refractivity contribution is 5.79. The Balaban J connectivity index is 1.69. The Hall–Kier alpha value is -1.35. The molecule has 1 saturated heterocycles. The maximum atomic E-state index is 12.3. The molecular formula is C14H18N2O. The van der Waals surface area contributed by atoms with E-state index in [1.54, 1.807) is 0 Å². The maximum Gasteiger partial charge on any atom is 0.226 e. The molecule has 0 radical (unpaired) electrons. The van der Waals surface area contributed by atoms with Gasteiger partial charge < -0.3 is 10.2 Å². The standard InChI is InChI=1S/C14H18N2O/c1-10(13-6-15-7-13)14(17)16-8-11-4-2-3-5-12(11)9-16/h2-5,10,13,15H,6-9H2,1H3. The third-order valence-electron chi connectivity index (χ3n) is 4.06. The van der Waals surface area contributed by atoms with Gasteiger partial charge in [-0.15, -0.1) is 0 Å². The van der Waals surface area contributed by atoms with E-state index in [0.717, 1.165) is 26.2 Å². The van der Waals surface area contributed by atoms with Crippen LogP contribution in [0.3, 0.4) is 0 Å². The average molecular weight is 230 g/mol. The van der Waals surface area contributed by atoms with Crippen molar-refractivity contribution in [2.45, 2.75) is 20.0 Å². The fourth-order valence-corrected chi connectivity index (χ4v) is 2.64. The number of hydrogen-bond acceptors (Lipinski definition) is 2. The zero-order valence-corrected chi connectivity index (χ0v) is 10.1. The zero-order chi connectivity index (χ0) is 11.8. The molecule has 0 saturated carbocycles. The summed E-state index contributed by atoms with van der Waals surface area (Å²) in [4.78, 5) is 14.3. The molecule has 0 spiro atoms. The third-order valence-corrected chi connectivity index (χ3v) is 4.06. The quantitative estimate of drug-likeness (QED) is 0.832. The van der Waals surface area contributed by atoms with Crippen LogP contribution >= 0.6 is 0 Å². The number of benzene rings is 1. The summed E-state index contributed by atoms with van der Waals surface area (Å²) in [5, 5.41) is 3.23. The summed E-state index contributed by atoms with van der Waals surface area (Å²) in [6, 6.07) is 8.34. The van der Waals surface area contributed by atoms with Crippen LogP contribution in [-0.4, -0.2) is 23.9 Å². The van der Waals surface area contributed by atoms with Crippen LogP contribution in [0.25, 0.3) is 0 Å². The molecule has 1 aromatic rings. The first-order chi connectivity index (χ1) is 8.25. The van der Waals surface area contributed by atoms with Crippen molar-refractivity contribution in [3.8, 4) is 0 Å². The second kappa shape index (κ2) is 4.15. The maximum absolute atomic E-state index is 12.3. The van der Waals surface area contributed by atoms with Gasteiger partial charge in [0.1, 0.15) is 0 Å². The summed E-state index contributed by atoms with van der Waals surface area (Å²) < 4.78 is 0. The number of rotatable bonds is 2. The van der Waals surface area contributed by atoms with E-state index in [-0.39, 0.29) is 5.92 Å². The lowest BCUT2D eigenvalue weighted by Gasteiger charge is -2.33. The second-order valence-corrected chi connectivity index (χ2v) is 5.17. The molecule has 2 aliphatic rings. The molecule has 0 aliphatic carbocycles. The first-order valence-electron chi connectivity index (χ1n) is 6.32. The van der Waals surface area contributed by atoms with E-state index < -0.39 is 0 Å². The van der Waals surface area contributed by atoms with Crippen molar-refractivity contribution < 1.29 is 4.79 Å². The van der Waals surface area contributed by atoms with Crippen molar-refractivity contribution >= 4 is 5.91 Å². The lowest BCUT2D eigenvalue weighted by atomic mass is 9.88. The van der Waals surface area contributed by atoms with E-state index in [2.05, 4.69) is 24.4 Å². The fourth-order valence-electron chi connectivity index (χ4n) is 2.64. The van der Waals surface area contributed by atoms with Crippen molar-refractivity contribution in [1.29, 1.82) is 0 Å². The highest BCUT2D eigenvalue weighted by Crippen LogP contribution is 2.26. The third kappa shape index (κ3) is 1.84. The summed E-state index contributed by atoms with van der Waals surface area (Å²) >= 11 is 0. The van der Waals surface area contributed by atoms with Gasteiger partial charge in [0, 0.05) is 19.0 Å². The van der Waals surface area contributed by atoms with E-state index in [9.17, 15) is 4.79 Å². The van der Waals surface area contributed by atoms with Crippen LogP contribution in [0.1, 0.15) is 18.1 Å². The van der Waals surface area contributed by atoms with Gasteiger partial charge in [-0.1, -0.05) is 31.2 Å². The highest BCUT2D eigenvalue weighted by Gasteiger charge is 2.33. The van der Waals surface area contributed by atoms with E-state index in [0.29, 0.717) is 11.8 Å². The van der Waals surface area contributed by atoms with Gasteiger partial charge >= 0.3 is 0 Å². The summed E-state index contributed by atoms with van der Waals surface area (Å²) in [5.74, 6) is 1.00. The summed E-state index contributed by atoms with van der Waals surface area (Å²) in [7, 11) is 0. The topological polar surface area (TPSA) is 32.3 Å². The van der Waals surface area contributed by atoms with E-state index >= 15 is 0 Å². The summed E-state index contributed by atoms with van der Waals surface area (Å²) in [5.41, 5.74) is 2.61. The van der Waals surface area contributed by atoms with Crippen molar-refractivity contribution in [3.05, 3.63) is 35.4 Å². The molecule has 1 N–H and O–H groups in total. The largest absolute Gasteiger partial charge is 0.334 e. The molecule has 2 heterocycles. The number of amides is 1. The van der Waals surface area contributed by atoms with Gasteiger partial charge in [0.05, 0.1) is 0 Å². The Morgan fingerprint density at radius 3 is 2.35 bits per heavy atom. The molecule has 2 aliphatic heterocycles. The van der Waals surface area contributed by atoms with Gasteiger partial charge in [0.15, 0.2) is 0 Å². The molecule has 1 amide bonds. The molecule has 3 heteroatoms. The Bertz CT molecular complexity index is 415. The molecule has 1 aromatic carbocycles. The lowest BCUT2D eigenvalue weighted by Crippen LogP contribution is -2.49. The van der Waals surface area contributed by atoms with Crippen LogP contribution < -0.4 is 5.32 Å². The first-order valence-corrected chi connectivity index (χ1v) is 6.32. The highest BCUT2D eigenvalue weighted by atomic mass is 16.2. The Morgan fingerprint density at radius 1 is 1.29 bits per heavy atom. The minimum Gasteiger partial charge on any atom is -0.334 e. The SMILES string of the molecule is CC(C(=O)N1Cc2ccccc2C1)C1CNC1. The van der Waals surface area contributed by atoms with Gasteiger partial charge in [0.25, 0.3) is 0 Å². The molecule has 17 heavy (non-hydrogen) atoms. The van der Waals surface area contributed by atoms with Crippen molar-refractivity contribution in [3.63, 3.8) is 0 Å². The Morgan fingerprint density at radius 2 is 1.88 bits per heavy atom. The van der Waals surface area contributed by atoms with Crippen LogP contribution in [0.4, 0.5) is 0 Å². The Kier molecular flexibility index (Phi) is 2.63. The van der Waals surface area contributed by atoms with Crippen LogP contribution in [-0.2, 0) is 17.9 Å². The first kappa shape index (κ1) is 10.8. The molecule has 1 fully saturated rings. The smallest absolute Gasteiger partial charge is 0.226 e. The summed E-state index contributed by atoms with van der Waals surface area (Å²) in [6.45, 7) is 5.64. The van der Waals surface area contributed by atoms with Gasteiger partial charge in [-0.3, -0.25) is 4.79 Å². The van der Waals surface area contributed by atoms with Crippen LogP contribution in [0, 0.1) is 11.8 Å². The second-order valence-electron chi connectivity index (χ2n) is 5.17. The van der Waals surface area contributed by atoms with Gasteiger partial charge in [-0.2, -0.15) is 0 Å². The predicted octanol–water partition coefficient (Wildman–Crippen LogP) is 1.38. The molecule has 0 bridgehead atoms. The number of nitrogens with zero attached hydrogens (tertiary/aromatic N) is 1. The van der Waals surface area contributed by atoms with Crippen molar-refractivity contribution in [2.75, 3.05) is 13.1 Å². The lowest BCUT2D eigenvalue weighted by molar-refractivity contribution is -0.138. The summed E-state index contributed by atoms with van der Waals surface area (Å²) in [6.07, 6.45) is 0. The van der Waals surface area contributed by atoms with E-state index in [1.165, 1.54) is 11.1 Å². The fraction of sp³-hybridized carbons (Fsp3) is 0.500. The number of nitrogens with one attached hydrogen (secondary N) is 1. The van der Waals surface area contributed by atoms with Gasteiger partial charge in [-0.25, -0.2) is 0 Å². The van der Waals surface area contributed by atoms with Crippen LogP contribution in [0.2, 0.25) is 0 Å². The van der Waals surface area contributed by atoms with Crippen LogP contribution in [0.5, 0.6) is 0 Å². The molecule has 90 valence electrons. The molecule has 3 nitrogen and oxygen atoms in total. The van der Waals surface area contributed by atoms with Crippen molar-refractivity contribution in [1.82, 2.24) is 10.2 Å². The van der Waals surface area contributed by atoms with Gasteiger partial charge in [0.2, 0.25) is 5.91 Å². The van der Waals surface area contributed by atoms with E-state index in [4.69, 9.17) is 0 Å². The van der Waals surface area contributed by atoms with Crippen LogP contribution in [0.15, 0.2) is 24.3 Å². The minimum absolute atomic E-state index is 0.158. The number of carbonyl (C=O) groups excluding carboxylic acids is 1. The molecular weight excluding hydrogens is 212 g/mol. The number of hydrogen-bond donors (Lipinski definition) is 1. The predicted molar refractivity (Wildman–Crippen MR) is 66.2 cm³/mol. The minimum atomic E-state index is 0.158. The van der Waals surface area contributed by atoms with Crippen molar-refractivity contribution in [2.24, 2.45) is 11.8 Å². The molecule has 1 unspecified atom stereocenters. The molecule has 3 rings (SSSR count).